The van der Waals surface area contributed by atoms with Gasteiger partial charge in [-0.3, -0.25) is 0 Å². The number of sulfonamides is 1. The van der Waals surface area contributed by atoms with Crippen molar-refractivity contribution in [1.29, 1.82) is 0 Å². The zero-order valence-corrected chi connectivity index (χ0v) is 12.9. The van der Waals surface area contributed by atoms with Crippen LogP contribution in [0, 0.1) is 0 Å². The number of rotatable bonds is 5. The monoisotopic (exact) mass is 318 g/mol. The molecule has 20 heavy (non-hydrogen) atoms. The average Bonchev–Trinajstić information content (AvgIpc) is 2.46. The van der Waals surface area contributed by atoms with E-state index in [9.17, 15) is 8.42 Å². The lowest BCUT2D eigenvalue weighted by molar-refractivity contribution is 0.402. The lowest BCUT2D eigenvalue weighted by atomic mass is 10.1. The molecule has 0 amide bonds. The molecule has 7 heteroatoms. The van der Waals surface area contributed by atoms with Crippen LogP contribution >= 0.6 is 12.4 Å². The highest BCUT2D eigenvalue weighted by Crippen LogP contribution is 2.22. The van der Waals surface area contributed by atoms with Gasteiger partial charge in [0, 0.05) is 13.1 Å². The van der Waals surface area contributed by atoms with Gasteiger partial charge in [-0.05, 0) is 25.1 Å². The molecule has 1 aromatic rings. The first-order chi connectivity index (χ1) is 9.13. The maximum atomic E-state index is 12.2. The molecule has 5 nitrogen and oxygen atoms in total. The second-order valence-electron chi connectivity index (χ2n) is 4.29. The fourth-order valence-corrected chi connectivity index (χ4v) is 3.14. The van der Waals surface area contributed by atoms with Crippen molar-refractivity contribution >= 4 is 22.4 Å². The van der Waals surface area contributed by atoms with Crippen molar-refractivity contribution in [3.63, 3.8) is 0 Å². The van der Waals surface area contributed by atoms with Crippen molar-refractivity contribution in [3.05, 3.63) is 35.9 Å². The molecule has 1 aliphatic rings. The van der Waals surface area contributed by atoms with Gasteiger partial charge >= 0.3 is 0 Å². The van der Waals surface area contributed by atoms with Gasteiger partial charge in [0.25, 0.3) is 0 Å². The molecular weight excluding hydrogens is 300 g/mol. The third kappa shape index (κ3) is 4.21. The summed E-state index contributed by atoms with van der Waals surface area (Å²) in [6, 6.07) is 6.60. The molecule has 0 aliphatic carbocycles. The lowest BCUT2D eigenvalue weighted by Gasteiger charge is -2.15. The predicted molar refractivity (Wildman–Crippen MR) is 81.0 cm³/mol. The fourth-order valence-electron chi connectivity index (χ4n) is 1.94. The van der Waals surface area contributed by atoms with Crippen molar-refractivity contribution in [2.75, 3.05) is 26.7 Å². The number of para-hydroxylation sites is 1. The van der Waals surface area contributed by atoms with E-state index >= 15 is 0 Å². The van der Waals surface area contributed by atoms with Gasteiger partial charge in [-0.25, -0.2) is 13.1 Å². The molecule has 0 saturated heterocycles. The summed E-state index contributed by atoms with van der Waals surface area (Å²) in [4.78, 5) is 0.173. The molecule has 1 aliphatic heterocycles. The molecule has 0 unspecified atom stereocenters. The molecule has 2 rings (SSSR count). The molecular formula is C13H19ClN2O3S. The molecule has 2 N–H and O–H groups in total. The number of nitrogens with one attached hydrogen (secondary N) is 2. The largest absolute Gasteiger partial charge is 0.495 e. The zero-order chi connectivity index (χ0) is 13.7. The zero-order valence-electron chi connectivity index (χ0n) is 11.3. The summed E-state index contributed by atoms with van der Waals surface area (Å²) in [5, 5.41) is 3.19. The van der Waals surface area contributed by atoms with Gasteiger partial charge in [0.1, 0.15) is 10.6 Å². The van der Waals surface area contributed by atoms with E-state index in [1.54, 1.807) is 18.2 Å². The molecule has 0 fully saturated rings. The van der Waals surface area contributed by atoms with Crippen LogP contribution in [0.3, 0.4) is 0 Å². The van der Waals surface area contributed by atoms with Crippen molar-refractivity contribution < 1.29 is 13.2 Å². The SMILES string of the molecule is COc1ccccc1S(=O)(=O)NCC1=CCNCC1.Cl. The highest BCUT2D eigenvalue weighted by atomic mass is 35.5. The van der Waals surface area contributed by atoms with Gasteiger partial charge in [0.05, 0.1) is 7.11 Å². The first-order valence-corrected chi connectivity index (χ1v) is 7.63. The van der Waals surface area contributed by atoms with E-state index in [0.29, 0.717) is 12.3 Å². The van der Waals surface area contributed by atoms with Gasteiger partial charge in [-0.1, -0.05) is 23.8 Å². The minimum absolute atomic E-state index is 0. The lowest BCUT2D eigenvalue weighted by Crippen LogP contribution is -2.29. The fraction of sp³-hybridized carbons (Fsp3) is 0.385. The Balaban J connectivity index is 0.00000200. The molecule has 112 valence electrons. The molecule has 0 atom stereocenters. The van der Waals surface area contributed by atoms with Gasteiger partial charge in [-0.15, -0.1) is 12.4 Å². The maximum absolute atomic E-state index is 12.2. The molecule has 1 heterocycles. The third-order valence-electron chi connectivity index (χ3n) is 3.01. The highest BCUT2D eigenvalue weighted by molar-refractivity contribution is 7.89. The van der Waals surface area contributed by atoms with Crippen LogP contribution in [0.4, 0.5) is 0 Å². The summed E-state index contributed by atoms with van der Waals surface area (Å²) in [6.07, 6.45) is 2.89. The van der Waals surface area contributed by atoms with Gasteiger partial charge < -0.3 is 10.1 Å². The van der Waals surface area contributed by atoms with Crippen LogP contribution in [0.1, 0.15) is 6.42 Å². The van der Waals surface area contributed by atoms with Crippen LogP contribution in [0.5, 0.6) is 5.75 Å². The Morgan fingerprint density at radius 1 is 1.35 bits per heavy atom. The maximum Gasteiger partial charge on any atom is 0.244 e. The van der Waals surface area contributed by atoms with Crippen LogP contribution in [-0.2, 0) is 10.0 Å². The second-order valence-corrected chi connectivity index (χ2v) is 6.03. The van der Waals surface area contributed by atoms with Crippen molar-refractivity contribution in [2.45, 2.75) is 11.3 Å². The van der Waals surface area contributed by atoms with Gasteiger partial charge in [0.15, 0.2) is 0 Å². The first-order valence-electron chi connectivity index (χ1n) is 6.15. The van der Waals surface area contributed by atoms with E-state index in [1.807, 2.05) is 6.08 Å². The summed E-state index contributed by atoms with van der Waals surface area (Å²) in [5.41, 5.74) is 1.11. The van der Waals surface area contributed by atoms with Crippen molar-refractivity contribution in [1.82, 2.24) is 10.0 Å². The Hall–Kier alpha value is -1.08. The normalized spacial score (nSPS) is 15.2. The van der Waals surface area contributed by atoms with Gasteiger partial charge in [-0.2, -0.15) is 0 Å². The van der Waals surface area contributed by atoms with Crippen LogP contribution in [0.25, 0.3) is 0 Å². The van der Waals surface area contributed by atoms with Crippen molar-refractivity contribution in [3.8, 4) is 5.75 Å². The number of ether oxygens (including phenoxy) is 1. The summed E-state index contributed by atoms with van der Waals surface area (Å²) in [7, 11) is -2.08. The topological polar surface area (TPSA) is 67.4 Å². The Bertz CT molecular complexity index is 573. The molecule has 0 radical (unpaired) electrons. The molecule has 0 bridgehead atoms. The van der Waals surface area contributed by atoms with E-state index in [4.69, 9.17) is 4.74 Å². The smallest absolute Gasteiger partial charge is 0.244 e. The van der Waals surface area contributed by atoms with Crippen molar-refractivity contribution in [2.24, 2.45) is 0 Å². The number of halogens is 1. The highest BCUT2D eigenvalue weighted by Gasteiger charge is 2.19. The number of methoxy groups -OCH3 is 1. The van der Waals surface area contributed by atoms with Crippen LogP contribution in [-0.4, -0.2) is 35.2 Å². The second kappa shape index (κ2) is 7.64. The molecule has 0 aromatic heterocycles. The van der Waals surface area contributed by atoms with E-state index in [2.05, 4.69) is 10.0 Å². The van der Waals surface area contributed by atoms with Crippen LogP contribution in [0.15, 0.2) is 40.8 Å². The van der Waals surface area contributed by atoms with Crippen LogP contribution in [0.2, 0.25) is 0 Å². The Labute approximate surface area is 125 Å². The summed E-state index contributed by atoms with van der Waals surface area (Å²) < 4.78 is 32.1. The summed E-state index contributed by atoms with van der Waals surface area (Å²) >= 11 is 0. The minimum atomic E-state index is -3.54. The van der Waals surface area contributed by atoms with E-state index in [0.717, 1.165) is 25.1 Å². The minimum Gasteiger partial charge on any atom is -0.495 e. The first kappa shape index (κ1) is 17.0. The Morgan fingerprint density at radius 3 is 2.75 bits per heavy atom. The van der Waals surface area contributed by atoms with E-state index in [1.165, 1.54) is 13.2 Å². The Morgan fingerprint density at radius 2 is 2.10 bits per heavy atom. The molecule has 1 aromatic carbocycles. The van der Waals surface area contributed by atoms with Gasteiger partial charge in [0.2, 0.25) is 10.0 Å². The number of hydrogen-bond donors (Lipinski definition) is 2. The van der Waals surface area contributed by atoms with E-state index < -0.39 is 10.0 Å². The number of hydrogen-bond acceptors (Lipinski definition) is 4. The molecule has 0 saturated carbocycles. The standard InChI is InChI=1S/C13H18N2O3S.ClH/c1-18-12-4-2-3-5-13(12)19(16,17)15-10-11-6-8-14-9-7-11;/h2-6,14-15H,7-10H2,1H3;1H. The quantitative estimate of drug-likeness (QED) is 0.803. The summed E-state index contributed by atoms with van der Waals surface area (Å²) in [6.45, 7) is 2.04. The summed E-state index contributed by atoms with van der Waals surface area (Å²) in [5.74, 6) is 0.356. The van der Waals surface area contributed by atoms with E-state index in [-0.39, 0.29) is 17.3 Å². The third-order valence-corrected chi connectivity index (χ3v) is 4.45. The number of benzene rings is 1. The predicted octanol–water partition coefficient (Wildman–Crippen LogP) is 1.31. The van der Waals surface area contributed by atoms with Crippen LogP contribution < -0.4 is 14.8 Å². The average molecular weight is 319 g/mol. The Kier molecular flexibility index (Phi) is 6.48. The molecule has 0 spiro atoms.